The van der Waals surface area contributed by atoms with Crippen LogP contribution in [0.5, 0.6) is 0 Å². The van der Waals surface area contributed by atoms with E-state index in [4.69, 9.17) is 11.6 Å². The van der Waals surface area contributed by atoms with Crippen molar-refractivity contribution in [1.29, 1.82) is 0 Å². The Kier molecular flexibility index (Phi) is 4.43. The second kappa shape index (κ2) is 6.35. The summed E-state index contributed by atoms with van der Waals surface area (Å²) in [7, 11) is -3.82. The summed E-state index contributed by atoms with van der Waals surface area (Å²) >= 11 is 9.31. The van der Waals surface area contributed by atoms with E-state index < -0.39 is 10.0 Å². The van der Waals surface area contributed by atoms with E-state index in [0.29, 0.717) is 15.8 Å². The number of aromatic nitrogens is 2. The lowest BCUT2D eigenvalue weighted by Gasteiger charge is -2.13. The molecule has 0 aliphatic heterocycles. The fourth-order valence-electron chi connectivity index (χ4n) is 2.06. The van der Waals surface area contributed by atoms with Gasteiger partial charge in [-0.05, 0) is 36.4 Å². The van der Waals surface area contributed by atoms with Gasteiger partial charge in [0.05, 0.1) is 16.4 Å². The van der Waals surface area contributed by atoms with E-state index in [1.807, 2.05) is 0 Å². The van der Waals surface area contributed by atoms with Crippen LogP contribution in [0.25, 0.3) is 5.69 Å². The highest BCUT2D eigenvalue weighted by Gasteiger charge is 2.20. The smallest absolute Gasteiger partial charge is 0.263 e. The van der Waals surface area contributed by atoms with Gasteiger partial charge in [-0.25, -0.2) is 13.1 Å². The minimum atomic E-state index is -3.82. The Balaban J connectivity index is 2.02. The van der Waals surface area contributed by atoms with Crippen LogP contribution in [0.2, 0.25) is 5.02 Å². The van der Waals surface area contributed by atoms with E-state index in [9.17, 15) is 8.42 Å². The molecule has 0 aliphatic carbocycles. The number of para-hydroxylation sites is 2. The van der Waals surface area contributed by atoms with Crippen molar-refractivity contribution in [2.24, 2.45) is 0 Å². The largest absolute Gasteiger partial charge is 0.277 e. The lowest BCUT2D eigenvalue weighted by Crippen LogP contribution is -2.15. The van der Waals surface area contributed by atoms with Crippen LogP contribution in [0.3, 0.4) is 0 Å². The van der Waals surface area contributed by atoms with Crippen LogP contribution in [0.15, 0.2) is 70.3 Å². The highest BCUT2D eigenvalue weighted by molar-refractivity contribution is 9.10. The summed E-state index contributed by atoms with van der Waals surface area (Å²) in [5, 5.41) is 4.27. The van der Waals surface area contributed by atoms with Gasteiger partial charge in [-0.2, -0.15) is 5.10 Å². The van der Waals surface area contributed by atoms with Crippen LogP contribution in [0.1, 0.15) is 0 Å². The first kappa shape index (κ1) is 16.0. The number of benzene rings is 2. The lowest BCUT2D eigenvalue weighted by molar-refractivity contribution is 0.601. The van der Waals surface area contributed by atoms with Crippen LogP contribution < -0.4 is 4.72 Å². The third-order valence-electron chi connectivity index (χ3n) is 3.08. The average molecular weight is 413 g/mol. The molecule has 0 saturated carbocycles. The van der Waals surface area contributed by atoms with E-state index >= 15 is 0 Å². The first-order chi connectivity index (χ1) is 11.0. The molecule has 118 valence electrons. The molecule has 0 amide bonds. The van der Waals surface area contributed by atoms with Crippen LogP contribution in [0, 0.1) is 0 Å². The van der Waals surface area contributed by atoms with Crippen molar-refractivity contribution < 1.29 is 8.42 Å². The van der Waals surface area contributed by atoms with Crippen molar-refractivity contribution in [3.05, 3.63) is 70.4 Å². The van der Waals surface area contributed by atoms with Gasteiger partial charge in [0, 0.05) is 16.9 Å². The minimum Gasteiger partial charge on any atom is -0.277 e. The zero-order chi connectivity index (χ0) is 16.4. The van der Waals surface area contributed by atoms with Gasteiger partial charge < -0.3 is 0 Å². The first-order valence-corrected chi connectivity index (χ1v) is 9.20. The van der Waals surface area contributed by atoms with Gasteiger partial charge >= 0.3 is 0 Å². The summed E-state index contributed by atoms with van der Waals surface area (Å²) in [6, 6.07) is 13.4. The summed E-state index contributed by atoms with van der Waals surface area (Å²) < 4.78 is 30.1. The Bertz CT molecular complexity index is 943. The summed E-state index contributed by atoms with van der Waals surface area (Å²) in [6.45, 7) is 0. The van der Waals surface area contributed by atoms with Crippen LogP contribution in [-0.4, -0.2) is 18.2 Å². The van der Waals surface area contributed by atoms with Gasteiger partial charge in [0.1, 0.15) is 4.90 Å². The third kappa shape index (κ3) is 3.41. The van der Waals surface area contributed by atoms with Crippen molar-refractivity contribution in [1.82, 2.24) is 9.78 Å². The van der Waals surface area contributed by atoms with E-state index in [1.54, 1.807) is 53.5 Å². The fraction of sp³-hybridized carbons (Fsp3) is 0. The van der Waals surface area contributed by atoms with Gasteiger partial charge in [-0.1, -0.05) is 39.7 Å². The van der Waals surface area contributed by atoms with Crippen molar-refractivity contribution in [2.75, 3.05) is 4.72 Å². The fourth-order valence-corrected chi connectivity index (χ4v) is 4.18. The Labute approximate surface area is 147 Å². The molecule has 0 aliphatic rings. The van der Waals surface area contributed by atoms with Crippen molar-refractivity contribution in [3.63, 3.8) is 0 Å². The maximum absolute atomic E-state index is 12.6. The molecule has 3 aromatic rings. The molecule has 0 spiro atoms. The molecular weight excluding hydrogens is 402 g/mol. The standard InChI is InChI=1S/C15H11BrClN3O2S/c16-11-6-7-15(12(17)10-11)23(21,22)19-13-4-1-2-5-14(13)20-9-3-8-18-20/h1-10,19H. The Morgan fingerprint density at radius 3 is 2.61 bits per heavy atom. The molecule has 0 radical (unpaired) electrons. The molecular formula is C15H11BrClN3O2S. The quantitative estimate of drug-likeness (QED) is 0.702. The zero-order valence-electron chi connectivity index (χ0n) is 11.6. The second-order valence-electron chi connectivity index (χ2n) is 4.65. The Morgan fingerprint density at radius 1 is 1.13 bits per heavy atom. The predicted octanol–water partition coefficient (Wildman–Crippen LogP) is 4.09. The van der Waals surface area contributed by atoms with Crippen molar-refractivity contribution in [2.45, 2.75) is 4.90 Å². The van der Waals surface area contributed by atoms with E-state index in [-0.39, 0.29) is 9.92 Å². The van der Waals surface area contributed by atoms with Gasteiger partial charge in [0.2, 0.25) is 0 Å². The van der Waals surface area contributed by atoms with Crippen LogP contribution in [0.4, 0.5) is 5.69 Å². The number of nitrogens with zero attached hydrogens (tertiary/aromatic N) is 2. The number of hydrogen-bond donors (Lipinski definition) is 1. The van der Waals surface area contributed by atoms with E-state index in [0.717, 1.165) is 0 Å². The molecule has 8 heteroatoms. The Hall–Kier alpha value is -1.83. The number of nitrogens with one attached hydrogen (secondary N) is 1. The molecule has 3 rings (SSSR count). The summed E-state index contributed by atoms with van der Waals surface area (Å²) in [6.07, 6.45) is 3.36. The maximum atomic E-state index is 12.6. The monoisotopic (exact) mass is 411 g/mol. The number of sulfonamides is 1. The average Bonchev–Trinajstić information content (AvgIpc) is 3.01. The molecule has 0 saturated heterocycles. The van der Waals surface area contributed by atoms with Crippen LogP contribution >= 0.6 is 27.5 Å². The molecule has 0 bridgehead atoms. The molecule has 0 atom stereocenters. The molecule has 1 heterocycles. The third-order valence-corrected chi connectivity index (χ3v) is 5.42. The zero-order valence-corrected chi connectivity index (χ0v) is 14.8. The lowest BCUT2D eigenvalue weighted by atomic mass is 10.3. The highest BCUT2D eigenvalue weighted by atomic mass is 79.9. The molecule has 1 aromatic heterocycles. The Morgan fingerprint density at radius 2 is 1.91 bits per heavy atom. The number of rotatable bonds is 4. The van der Waals surface area contributed by atoms with Crippen molar-refractivity contribution in [3.8, 4) is 5.69 Å². The normalized spacial score (nSPS) is 11.4. The van der Waals surface area contributed by atoms with E-state index in [2.05, 4.69) is 25.8 Å². The maximum Gasteiger partial charge on any atom is 0.263 e. The summed E-state index contributed by atoms with van der Waals surface area (Å²) in [5.74, 6) is 0. The van der Waals surface area contributed by atoms with E-state index in [1.165, 1.54) is 12.1 Å². The predicted molar refractivity (Wildman–Crippen MR) is 93.5 cm³/mol. The second-order valence-corrected chi connectivity index (χ2v) is 7.62. The molecule has 1 N–H and O–H groups in total. The topological polar surface area (TPSA) is 64.0 Å². The van der Waals surface area contributed by atoms with Gasteiger partial charge in [0.15, 0.2) is 0 Å². The molecule has 23 heavy (non-hydrogen) atoms. The number of anilines is 1. The van der Waals surface area contributed by atoms with Crippen LogP contribution in [-0.2, 0) is 10.0 Å². The van der Waals surface area contributed by atoms with Gasteiger partial charge in [-0.15, -0.1) is 0 Å². The highest BCUT2D eigenvalue weighted by Crippen LogP contribution is 2.28. The number of halogens is 2. The first-order valence-electron chi connectivity index (χ1n) is 6.54. The molecule has 5 nitrogen and oxygen atoms in total. The summed E-state index contributed by atoms with van der Waals surface area (Å²) in [4.78, 5) is 0.0117. The molecule has 2 aromatic carbocycles. The summed E-state index contributed by atoms with van der Waals surface area (Å²) in [5.41, 5.74) is 1.03. The van der Waals surface area contributed by atoms with Crippen molar-refractivity contribution >= 4 is 43.2 Å². The van der Waals surface area contributed by atoms with Gasteiger partial charge in [0.25, 0.3) is 10.0 Å². The molecule has 0 unspecified atom stereocenters. The van der Waals surface area contributed by atoms with Gasteiger partial charge in [-0.3, -0.25) is 4.72 Å². The SMILES string of the molecule is O=S(=O)(Nc1ccccc1-n1cccn1)c1ccc(Br)cc1Cl. The number of hydrogen-bond acceptors (Lipinski definition) is 3. The molecule has 0 fully saturated rings. The minimum absolute atomic E-state index is 0.0117.